The molecule has 5 aliphatic rings. The van der Waals surface area contributed by atoms with Crippen LogP contribution in [0.3, 0.4) is 0 Å². The molecular formula is C19H22N2OS. The lowest BCUT2D eigenvalue weighted by atomic mass is 9.53. The first-order valence-electron chi connectivity index (χ1n) is 8.81. The average Bonchev–Trinajstić information content (AvgIpc) is 2.86. The minimum absolute atomic E-state index is 0.00608. The van der Waals surface area contributed by atoms with Crippen molar-refractivity contribution in [2.24, 2.45) is 22.7 Å². The van der Waals surface area contributed by atoms with Gasteiger partial charge in [0.05, 0.1) is 0 Å². The van der Waals surface area contributed by atoms with Gasteiger partial charge in [0, 0.05) is 5.54 Å². The van der Waals surface area contributed by atoms with Crippen molar-refractivity contribution in [2.75, 3.05) is 0 Å². The Hall–Kier alpha value is -1.29. The topological polar surface area (TPSA) is 41.5 Å². The van der Waals surface area contributed by atoms with Gasteiger partial charge in [0.1, 0.15) is 5.25 Å². The summed E-state index contributed by atoms with van der Waals surface area (Å²) in [5, 5.41) is 4.45. The molecule has 0 radical (unpaired) electrons. The predicted octanol–water partition coefficient (Wildman–Crippen LogP) is 3.92. The first-order chi connectivity index (χ1) is 11.2. The molecule has 1 aliphatic heterocycles. The van der Waals surface area contributed by atoms with E-state index in [2.05, 4.69) is 10.3 Å². The highest BCUT2D eigenvalue weighted by Gasteiger charge is 2.51. The highest BCUT2D eigenvalue weighted by molar-refractivity contribution is 8.15. The standard InChI is InChI=1S/C19H22N2OS/c22-17-16(15-4-2-1-3-5-15)23-18(20-17)21-19-9-12-6-13(10-19)8-14(7-12)11-19/h1-5,12-14,16H,6-11H2,(H,20,21,22). The second kappa shape index (κ2) is 5.10. The summed E-state index contributed by atoms with van der Waals surface area (Å²) in [6.07, 6.45) is 8.15. The zero-order valence-corrected chi connectivity index (χ0v) is 14.0. The van der Waals surface area contributed by atoms with Crippen molar-refractivity contribution in [1.29, 1.82) is 0 Å². The van der Waals surface area contributed by atoms with Crippen LogP contribution in [0.2, 0.25) is 0 Å². The molecule has 4 bridgehead atoms. The van der Waals surface area contributed by atoms with Gasteiger partial charge in [0.2, 0.25) is 0 Å². The van der Waals surface area contributed by atoms with Crippen LogP contribution in [0.1, 0.15) is 49.3 Å². The smallest absolute Gasteiger partial charge is 0.266 e. The van der Waals surface area contributed by atoms with Crippen LogP contribution >= 0.6 is 11.8 Å². The molecule has 0 saturated heterocycles. The van der Waals surface area contributed by atoms with E-state index in [-0.39, 0.29) is 16.7 Å². The van der Waals surface area contributed by atoms with Gasteiger partial charge in [-0.05, 0) is 61.8 Å². The maximum atomic E-state index is 12.3. The first-order valence-corrected chi connectivity index (χ1v) is 9.69. The van der Waals surface area contributed by atoms with Crippen molar-refractivity contribution >= 4 is 22.8 Å². The SMILES string of the molecule is O=C1N=C(NC23CC4CC(CC(C4)C2)C3)SC1c1ccccc1. The number of hydrogen-bond donors (Lipinski definition) is 1. The fourth-order valence-corrected chi connectivity index (χ4v) is 6.82. The largest absolute Gasteiger partial charge is 0.359 e. The van der Waals surface area contributed by atoms with Crippen molar-refractivity contribution in [3.63, 3.8) is 0 Å². The Labute approximate surface area is 141 Å². The minimum Gasteiger partial charge on any atom is -0.359 e. The number of benzene rings is 1. The van der Waals surface area contributed by atoms with Crippen molar-refractivity contribution in [3.05, 3.63) is 35.9 Å². The second-order valence-electron chi connectivity index (χ2n) is 7.99. The number of aliphatic imine (C=N–C) groups is 1. The van der Waals surface area contributed by atoms with E-state index in [1.807, 2.05) is 30.3 Å². The van der Waals surface area contributed by atoms with Crippen LogP contribution in [-0.2, 0) is 4.79 Å². The molecule has 1 N–H and O–H groups in total. The quantitative estimate of drug-likeness (QED) is 0.896. The molecule has 0 spiro atoms. The van der Waals surface area contributed by atoms with Gasteiger partial charge in [-0.15, -0.1) is 0 Å². The van der Waals surface area contributed by atoms with Crippen LogP contribution in [0.25, 0.3) is 0 Å². The number of hydrogen-bond acceptors (Lipinski definition) is 3. The van der Waals surface area contributed by atoms with Crippen LogP contribution in [0, 0.1) is 17.8 Å². The van der Waals surface area contributed by atoms with Crippen molar-refractivity contribution in [3.8, 4) is 0 Å². The second-order valence-corrected chi connectivity index (χ2v) is 9.08. The third-order valence-corrected chi connectivity index (χ3v) is 7.30. The summed E-state index contributed by atoms with van der Waals surface area (Å²) >= 11 is 1.61. The van der Waals surface area contributed by atoms with Crippen molar-refractivity contribution in [2.45, 2.75) is 49.3 Å². The van der Waals surface area contributed by atoms with Crippen molar-refractivity contribution in [1.82, 2.24) is 5.32 Å². The van der Waals surface area contributed by atoms with E-state index in [1.165, 1.54) is 38.5 Å². The lowest BCUT2D eigenvalue weighted by molar-refractivity contribution is -0.117. The molecule has 1 aromatic rings. The van der Waals surface area contributed by atoms with Gasteiger partial charge in [0.15, 0.2) is 5.17 Å². The molecule has 6 rings (SSSR count). The van der Waals surface area contributed by atoms with Crippen LogP contribution in [0.4, 0.5) is 0 Å². The minimum atomic E-state index is -0.160. The molecule has 0 aromatic heterocycles. The van der Waals surface area contributed by atoms with Crippen LogP contribution in [-0.4, -0.2) is 16.6 Å². The fourth-order valence-electron chi connectivity index (χ4n) is 5.73. The van der Waals surface area contributed by atoms with Gasteiger partial charge >= 0.3 is 0 Å². The van der Waals surface area contributed by atoms with Gasteiger partial charge in [0.25, 0.3) is 5.91 Å². The van der Waals surface area contributed by atoms with Crippen molar-refractivity contribution < 1.29 is 4.79 Å². The lowest BCUT2D eigenvalue weighted by Gasteiger charge is -2.57. The number of rotatable bonds is 2. The van der Waals surface area contributed by atoms with E-state index >= 15 is 0 Å². The Morgan fingerprint density at radius 3 is 2.22 bits per heavy atom. The Morgan fingerprint density at radius 1 is 1.00 bits per heavy atom. The Balaban J connectivity index is 1.34. The number of thioether (sulfide) groups is 1. The fraction of sp³-hybridized carbons (Fsp3) is 0.579. The van der Waals surface area contributed by atoms with Gasteiger partial charge < -0.3 is 5.32 Å². The van der Waals surface area contributed by atoms with Gasteiger partial charge in [-0.1, -0.05) is 42.1 Å². The monoisotopic (exact) mass is 326 g/mol. The highest BCUT2D eigenvalue weighted by Crippen LogP contribution is 2.56. The summed E-state index contributed by atoms with van der Waals surface area (Å²) < 4.78 is 0. The maximum absolute atomic E-state index is 12.3. The number of amides is 1. The molecule has 23 heavy (non-hydrogen) atoms. The molecule has 3 nitrogen and oxygen atoms in total. The summed E-state index contributed by atoms with van der Waals surface area (Å²) in [6, 6.07) is 10.0. The summed E-state index contributed by atoms with van der Waals surface area (Å²) in [5.41, 5.74) is 1.29. The zero-order chi connectivity index (χ0) is 15.4. The Morgan fingerprint density at radius 2 is 1.61 bits per heavy atom. The van der Waals surface area contributed by atoms with Gasteiger partial charge in [-0.2, -0.15) is 4.99 Å². The van der Waals surface area contributed by atoms with Gasteiger partial charge in [-0.25, -0.2) is 0 Å². The summed E-state index contributed by atoms with van der Waals surface area (Å²) in [6.45, 7) is 0. The zero-order valence-electron chi connectivity index (χ0n) is 13.2. The number of nitrogens with zero attached hydrogens (tertiary/aromatic N) is 1. The summed E-state index contributed by atoms with van der Waals surface area (Å²) in [5.74, 6) is 2.71. The molecule has 1 unspecified atom stereocenters. The third kappa shape index (κ3) is 2.42. The molecule has 4 fully saturated rings. The van der Waals surface area contributed by atoms with Crippen LogP contribution in [0.5, 0.6) is 0 Å². The van der Waals surface area contributed by atoms with Crippen LogP contribution < -0.4 is 5.32 Å². The number of amidine groups is 1. The third-order valence-electron chi connectivity index (χ3n) is 6.18. The van der Waals surface area contributed by atoms with Crippen LogP contribution in [0.15, 0.2) is 35.3 Å². The highest BCUT2D eigenvalue weighted by atomic mass is 32.2. The first kappa shape index (κ1) is 14.1. The Kier molecular flexibility index (Phi) is 3.12. The van der Waals surface area contributed by atoms with E-state index in [0.717, 1.165) is 28.5 Å². The van der Waals surface area contributed by atoms with E-state index < -0.39 is 0 Å². The molecule has 1 aromatic carbocycles. The molecule has 1 amide bonds. The molecule has 1 atom stereocenters. The predicted molar refractivity (Wildman–Crippen MR) is 93.3 cm³/mol. The summed E-state index contributed by atoms with van der Waals surface area (Å²) in [4.78, 5) is 16.7. The summed E-state index contributed by atoms with van der Waals surface area (Å²) in [7, 11) is 0. The molecule has 4 heteroatoms. The van der Waals surface area contributed by atoms with Gasteiger partial charge in [-0.3, -0.25) is 4.79 Å². The van der Waals surface area contributed by atoms with E-state index in [1.54, 1.807) is 11.8 Å². The van der Waals surface area contributed by atoms with E-state index in [4.69, 9.17) is 0 Å². The molecule has 4 aliphatic carbocycles. The maximum Gasteiger partial charge on any atom is 0.266 e. The number of carbonyl (C=O) groups is 1. The van der Waals surface area contributed by atoms with E-state index in [9.17, 15) is 4.79 Å². The Bertz CT molecular complexity index is 634. The molecule has 120 valence electrons. The van der Waals surface area contributed by atoms with E-state index in [0.29, 0.717) is 0 Å². The average molecular weight is 326 g/mol. The normalized spacial score (nSPS) is 41.2. The molecule has 4 saturated carbocycles. The number of carbonyl (C=O) groups excluding carboxylic acids is 1. The number of nitrogens with one attached hydrogen (secondary N) is 1. The molecule has 1 heterocycles. The molecular weight excluding hydrogens is 304 g/mol. The lowest BCUT2D eigenvalue weighted by Crippen LogP contribution is -2.59.